The molecule has 0 spiro atoms. The molecule has 0 amide bonds. The molecule has 0 aliphatic rings. The van der Waals surface area contributed by atoms with Crippen molar-refractivity contribution in [2.75, 3.05) is 0 Å². The van der Waals surface area contributed by atoms with E-state index in [2.05, 4.69) is 37.7 Å². The van der Waals surface area contributed by atoms with E-state index in [0.29, 0.717) is 5.92 Å². The van der Waals surface area contributed by atoms with Crippen molar-refractivity contribution in [2.24, 2.45) is 5.92 Å². The van der Waals surface area contributed by atoms with Crippen molar-refractivity contribution in [2.45, 2.75) is 40.5 Å². The number of hydrogen-bond acceptors (Lipinski definition) is 2. The van der Waals surface area contributed by atoms with Gasteiger partial charge in [-0.25, -0.2) is 0 Å². The summed E-state index contributed by atoms with van der Waals surface area (Å²) in [4.78, 5) is 10.4. The van der Waals surface area contributed by atoms with Gasteiger partial charge in [-0.3, -0.25) is 4.79 Å². The minimum atomic E-state index is -0.291. The molecular formula is C14H22O2. The Labute approximate surface area is 98.7 Å². The van der Waals surface area contributed by atoms with Crippen LogP contribution >= 0.6 is 0 Å². The van der Waals surface area contributed by atoms with E-state index in [1.165, 1.54) is 18.8 Å². The maximum atomic E-state index is 10.4. The van der Waals surface area contributed by atoms with Gasteiger partial charge in [0.1, 0.15) is 0 Å². The fourth-order valence-electron chi connectivity index (χ4n) is 1.17. The number of carbonyl (C=O) groups excluding carboxylic acids is 1. The Bertz CT molecular complexity index is 281. The predicted molar refractivity (Wildman–Crippen MR) is 67.9 cm³/mol. The zero-order chi connectivity index (χ0) is 12.4. The first-order valence-electron chi connectivity index (χ1n) is 5.66. The standard InChI is InChI=1S/C14H22O2/c1-12(2)8-7-10-13(3)9-5-6-11-16-14(4)15/h5-6,8-9,11,13H,7,10H2,1-4H3. The van der Waals surface area contributed by atoms with Crippen LogP contribution in [-0.4, -0.2) is 5.97 Å². The Morgan fingerprint density at radius 3 is 2.50 bits per heavy atom. The second-order valence-corrected chi connectivity index (χ2v) is 4.16. The number of carbonyl (C=O) groups is 1. The van der Waals surface area contributed by atoms with E-state index < -0.39 is 0 Å². The first-order chi connectivity index (χ1) is 7.52. The van der Waals surface area contributed by atoms with Crippen LogP contribution in [0.4, 0.5) is 0 Å². The van der Waals surface area contributed by atoms with Crippen LogP contribution in [0.5, 0.6) is 0 Å². The number of esters is 1. The zero-order valence-corrected chi connectivity index (χ0v) is 10.7. The molecule has 2 nitrogen and oxygen atoms in total. The fourth-order valence-corrected chi connectivity index (χ4v) is 1.17. The SMILES string of the molecule is CC(=O)OC=CC=CC(C)CCC=C(C)C. The highest BCUT2D eigenvalue weighted by molar-refractivity contribution is 5.66. The van der Waals surface area contributed by atoms with Crippen molar-refractivity contribution in [1.29, 1.82) is 0 Å². The molecule has 90 valence electrons. The summed E-state index contributed by atoms with van der Waals surface area (Å²) in [6, 6.07) is 0. The summed E-state index contributed by atoms with van der Waals surface area (Å²) in [7, 11) is 0. The van der Waals surface area contributed by atoms with Gasteiger partial charge in [-0.05, 0) is 38.7 Å². The largest absolute Gasteiger partial charge is 0.435 e. The van der Waals surface area contributed by atoms with Crippen LogP contribution < -0.4 is 0 Å². The Hall–Kier alpha value is -1.31. The van der Waals surface area contributed by atoms with Crippen LogP contribution in [-0.2, 0) is 9.53 Å². The number of ether oxygens (including phenoxy) is 1. The highest BCUT2D eigenvalue weighted by Gasteiger charge is 1.93. The molecule has 2 heteroatoms. The third-order valence-electron chi connectivity index (χ3n) is 2.04. The fraction of sp³-hybridized carbons (Fsp3) is 0.500. The van der Waals surface area contributed by atoms with Gasteiger partial charge >= 0.3 is 5.97 Å². The molecular weight excluding hydrogens is 200 g/mol. The average molecular weight is 222 g/mol. The van der Waals surface area contributed by atoms with E-state index in [1.54, 1.807) is 6.08 Å². The minimum absolute atomic E-state index is 0.291. The maximum Gasteiger partial charge on any atom is 0.307 e. The summed E-state index contributed by atoms with van der Waals surface area (Å²) < 4.78 is 4.66. The first-order valence-corrected chi connectivity index (χ1v) is 5.66. The molecule has 0 aromatic rings. The second kappa shape index (κ2) is 8.96. The highest BCUT2D eigenvalue weighted by atomic mass is 16.5. The van der Waals surface area contributed by atoms with Crippen LogP contribution in [0.3, 0.4) is 0 Å². The molecule has 0 fully saturated rings. The highest BCUT2D eigenvalue weighted by Crippen LogP contribution is 2.09. The summed E-state index contributed by atoms with van der Waals surface area (Å²) in [6.45, 7) is 7.79. The molecule has 0 aliphatic carbocycles. The lowest BCUT2D eigenvalue weighted by molar-refractivity contribution is -0.135. The summed E-state index contributed by atoms with van der Waals surface area (Å²) in [5.41, 5.74) is 1.37. The minimum Gasteiger partial charge on any atom is -0.435 e. The molecule has 0 rings (SSSR count). The van der Waals surface area contributed by atoms with Gasteiger partial charge in [0.25, 0.3) is 0 Å². The van der Waals surface area contributed by atoms with Gasteiger partial charge in [0.05, 0.1) is 6.26 Å². The van der Waals surface area contributed by atoms with E-state index in [4.69, 9.17) is 0 Å². The average Bonchev–Trinajstić information content (AvgIpc) is 2.16. The maximum absolute atomic E-state index is 10.4. The topological polar surface area (TPSA) is 26.3 Å². The second-order valence-electron chi connectivity index (χ2n) is 4.16. The van der Waals surface area contributed by atoms with Crippen LogP contribution in [0.15, 0.2) is 36.1 Å². The van der Waals surface area contributed by atoms with Gasteiger partial charge in [0, 0.05) is 6.92 Å². The molecule has 1 unspecified atom stereocenters. The Morgan fingerprint density at radius 1 is 1.25 bits per heavy atom. The van der Waals surface area contributed by atoms with Crippen molar-refractivity contribution in [1.82, 2.24) is 0 Å². The normalized spacial score (nSPS) is 13.0. The number of hydrogen-bond donors (Lipinski definition) is 0. The summed E-state index contributed by atoms with van der Waals surface area (Å²) in [5.74, 6) is 0.249. The molecule has 0 aromatic carbocycles. The monoisotopic (exact) mass is 222 g/mol. The van der Waals surface area contributed by atoms with Gasteiger partial charge in [-0.2, -0.15) is 0 Å². The molecule has 0 bridgehead atoms. The lowest BCUT2D eigenvalue weighted by Gasteiger charge is -2.02. The van der Waals surface area contributed by atoms with Crippen molar-refractivity contribution >= 4 is 5.97 Å². The lowest BCUT2D eigenvalue weighted by Crippen LogP contribution is -1.89. The number of rotatable bonds is 6. The molecule has 0 aromatic heterocycles. The van der Waals surface area contributed by atoms with Crippen LogP contribution in [0.25, 0.3) is 0 Å². The summed E-state index contributed by atoms with van der Waals surface area (Å²) >= 11 is 0. The Kier molecular flexibility index (Phi) is 8.22. The third-order valence-corrected chi connectivity index (χ3v) is 2.04. The van der Waals surface area contributed by atoms with Gasteiger partial charge in [-0.1, -0.05) is 30.7 Å². The molecule has 0 saturated carbocycles. The summed E-state index contributed by atoms with van der Waals surface area (Å²) in [5, 5.41) is 0. The van der Waals surface area contributed by atoms with Crippen molar-refractivity contribution in [3.8, 4) is 0 Å². The van der Waals surface area contributed by atoms with Crippen molar-refractivity contribution in [3.05, 3.63) is 36.1 Å². The summed E-state index contributed by atoms with van der Waals surface area (Å²) in [6.07, 6.45) is 11.7. The third kappa shape index (κ3) is 10.8. The smallest absolute Gasteiger partial charge is 0.307 e. The van der Waals surface area contributed by atoms with Crippen molar-refractivity contribution < 1.29 is 9.53 Å². The first kappa shape index (κ1) is 14.7. The van der Waals surface area contributed by atoms with Gasteiger partial charge in [-0.15, -0.1) is 0 Å². The van der Waals surface area contributed by atoms with E-state index >= 15 is 0 Å². The van der Waals surface area contributed by atoms with Gasteiger partial charge in [0.15, 0.2) is 0 Å². The zero-order valence-electron chi connectivity index (χ0n) is 10.7. The van der Waals surface area contributed by atoms with Gasteiger partial charge < -0.3 is 4.74 Å². The Morgan fingerprint density at radius 2 is 1.94 bits per heavy atom. The predicted octanol–water partition coefficient (Wildman–Crippen LogP) is 4.00. The molecule has 0 N–H and O–H groups in total. The molecule has 0 heterocycles. The lowest BCUT2D eigenvalue weighted by atomic mass is 10.0. The Balaban J connectivity index is 3.74. The van der Waals surface area contributed by atoms with Crippen LogP contribution in [0, 0.1) is 5.92 Å². The van der Waals surface area contributed by atoms with E-state index in [1.807, 2.05) is 6.08 Å². The molecule has 0 aliphatic heterocycles. The van der Waals surface area contributed by atoms with Crippen LogP contribution in [0.1, 0.15) is 40.5 Å². The van der Waals surface area contributed by atoms with Crippen molar-refractivity contribution in [3.63, 3.8) is 0 Å². The van der Waals surface area contributed by atoms with Gasteiger partial charge in [0.2, 0.25) is 0 Å². The quantitative estimate of drug-likeness (QED) is 0.294. The molecule has 0 saturated heterocycles. The molecule has 16 heavy (non-hydrogen) atoms. The number of allylic oxidation sites excluding steroid dienone is 5. The van der Waals surface area contributed by atoms with E-state index in [9.17, 15) is 4.79 Å². The van der Waals surface area contributed by atoms with E-state index in [0.717, 1.165) is 12.8 Å². The van der Waals surface area contributed by atoms with Crippen LogP contribution in [0.2, 0.25) is 0 Å². The molecule has 1 atom stereocenters. The van der Waals surface area contributed by atoms with E-state index in [-0.39, 0.29) is 5.97 Å². The molecule has 0 radical (unpaired) electrons.